The molecule has 0 nitrogen and oxygen atoms in total. The molecule has 0 aromatic rings. The summed E-state index contributed by atoms with van der Waals surface area (Å²) in [5, 5.41) is 0. The van der Waals surface area contributed by atoms with Crippen LogP contribution in [-0.2, 0) is 0 Å². The van der Waals surface area contributed by atoms with Gasteiger partial charge in [0.15, 0.2) is 0 Å². The molecule has 3 unspecified atom stereocenters. The molecule has 20 heavy (non-hydrogen) atoms. The third kappa shape index (κ3) is 5.65. The van der Waals surface area contributed by atoms with Crippen LogP contribution in [0.3, 0.4) is 0 Å². The second kappa shape index (κ2) is 12.0. The van der Waals surface area contributed by atoms with Crippen molar-refractivity contribution in [3.05, 3.63) is 12.1 Å². The van der Waals surface area contributed by atoms with Crippen molar-refractivity contribution in [2.75, 3.05) is 0 Å². The number of hydrogen-bond donors (Lipinski definition) is 0. The van der Waals surface area contributed by atoms with Gasteiger partial charge >= 0.3 is 18.9 Å². The van der Waals surface area contributed by atoms with E-state index in [1.165, 1.54) is 38.5 Å². The van der Waals surface area contributed by atoms with E-state index >= 15 is 0 Å². The Bertz CT molecular complexity index is 223. The Morgan fingerprint density at radius 1 is 0.800 bits per heavy atom. The van der Waals surface area contributed by atoms with Crippen molar-refractivity contribution < 1.29 is 18.9 Å². The molecule has 0 aliphatic carbocycles. The largest absolute Gasteiger partial charge is 1.00 e. The van der Waals surface area contributed by atoms with Crippen LogP contribution in [0.1, 0.15) is 87.0 Å². The van der Waals surface area contributed by atoms with E-state index in [9.17, 15) is 0 Å². The second-order valence-electron chi connectivity index (χ2n) is 6.88. The Balaban J connectivity index is 0. The van der Waals surface area contributed by atoms with Gasteiger partial charge in [-0.25, -0.2) is 5.98 Å². The van der Waals surface area contributed by atoms with Gasteiger partial charge in [0.05, 0.1) is 0 Å². The molecule has 0 aromatic heterocycles. The molecule has 0 radical (unpaired) electrons. The van der Waals surface area contributed by atoms with E-state index in [0.29, 0.717) is 0 Å². The van der Waals surface area contributed by atoms with Gasteiger partial charge in [0.25, 0.3) is 0 Å². The van der Waals surface area contributed by atoms with Gasteiger partial charge in [0.2, 0.25) is 0 Å². The molecular formula is C18H38BLi. The van der Waals surface area contributed by atoms with Crippen molar-refractivity contribution in [2.45, 2.75) is 104 Å². The molecule has 0 saturated carbocycles. The van der Waals surface area contributed by atoms with Gasteiger partial charge in [-0.15, -0.1) is 6.08 Å². The molecule has 3 atom stereocenters. The van der Waals surface area contributed by atoms with E-state index in [1.54, 1.807) is 0 Å². The SMILES string of the molecule is CCCC/C=C/[B-](C(C)CC)(C(C)CC)C(C)CC.[Li+]. The maximum atomic E-state index is 2.67. The molecular weight excluding hydrogens is 234 g/mol. The van der Waals surface area contributed by atoms with Crippen molar-refractivity contribution in [3.8, 4) is 0 Å². The molecule has 0 aliphatic rings. The molecule has 114 valence electrons. The number of rotatable bonds is 10. The molecule has 0 rings (SSSR count). The van der Waals surface area contributed by atoms with E-state index in [-0.39, 0.29) is 25.0 Å². The zero-order chi connectivity index (χ0) is 14.9. The molecule has 2 heteroatoms. The predicted molar refractivity (Wildman–Crippen MR) is 93.6 cm³/mol. The summed E-state index contributed by atoms with van der Waals surface area (Å²) in [5.41, 5.74) is 0. The zero-order valence-electron chi connectivity index (χ0n) is 15.7. The third-order valence-corrected chi connectivity index (χ3v) is 6.08. The maximum Gasteiger partial charge on any atom is 1.00 e. The molecule has 0 N–H and O–H groups in total. The van der Waals surface area contributed by atoms with Gasteiger partial charge in [-0.05, 0) is 6.42 Å². The van der Waals surface area contributed by atoms with Crippen LogP contribution in [0.5, 0.6) is 0 Å². The fourth-order valence-electron chi connectivity index (χ4n) is 4.13. The van der Waals surface area contributed by atoms with E-state index in [1.807, 2.05) is 0 Å². The van der Waals surface area contributed by atoms with Gasteiger partial charge in [-0.1, -0.05) is 80.6 Å². The van der Waals surface area contributed by atoms with Crippen LogP contribution in [0.2, 0.25) is 17.5 Å². The molecule has 0 amide bonds. The van der Waals surface area contributed by atoms with Crippen molar-refractivity contribution >= 4 is 6.15 Å². The molecule has 0 saturated heterocycles. The Morgan fingerprint density at radius 2 is 1.20 bits per heavy atom. The summed E-state index contributed by atoms with van der Waals surface area (Å²) in [6, 6.07) is 0. The van der Waals surface area contributed by atoms with Crippen molar-refractivity contribution in [2.24, 2.45) is 0 Å². The van der Waals surface area contributed by atoms with E-state index < -0.39 is 0 Å². The minimum atomic E-state index is -0.384. The Morgan fingerprint density at radius 3 is 1.50 bits per heavy atom. The van der Waals surface area contributed by atoms with Crippen LogP contribution in [0.4, 0.5) is 0 Å². The molecule has 0 fully saturated rings. The summed E-state index contributed by atoms with van der Waals surface area (Å²) in [6.07, 6.45) is 9.97. The minimum Gasteiger partial charge on any atom is -0.249 e. The monoisotopic (exact) mass is 272 g/mol. The van der Waals surface area contributed by atoms with Crippen LogP contribution < -0.4 is 18.9 Å². The maximum absolute atomic E-state index is 2.67. The smallest absolute Gasteiger partial charge is 0.249 e. The summed E-state index contributed by atoms with van der Waals surface area (Å²) in [4.78, 5) is 0. The minimum absolute atomic E-state index is 0. The quantitative estimate of drug-likeness (QED) is 0.414. The van der Waals surface area contributed by atoms with Crippen LogP contribution in [0.15, 0.2) is 12.1 Å². The van der Waals surface area contributed by atoms with Gasteiger partial charge < -0.3 is 0 Å². The van der Waals surface area contributed by atoms with Gasteiger partial charge in [-0.2, -0.15) is 17.5 Å². The standard InChI is InChI=1S/C18H38B.Li/c1-8-12-13-14-15-19(16(5)9-2,17(6)10-3)18(7)11-4;/h14-18H,8-13H2,1-7H3;/q-1;+1/b15-14+;. The van der Waals surface area contributed by atoms with Gasteiger partial charge in [0, 0.05) is 6.15 Å². The first-order valence-electron chi connectivity index (χ1n) is 8.86. The van der Waals surface area contributed by atoms with Crippen LogP contribution in [-0.4, -0.2) is 6.15 Å². The second-order valence-corrected chi connectivity index (χ2v) is 6.88. The van der Waals surface area contributed by atoms with Gasteiger partial charge in [0.1, 0.15) is 0 Å². The number of unbranched alkanes of at least 4 members (excludes halogenated alkanes) is 2. The Labute approximate surface area is 141 Å². The fraction of sp³-hybridized carbons (Fsp3) is 0.889. The van der Waals surface area contributed by atoms with Gasteiger partial charge in [-0.3, -0.25) is 0 Å². The topological polar surface area (TPSA) is 0 Å². The first kappa shape index (κ1) is 22.7. The molecule has 0 aromatic carbocycles. The fourth-order valence-corrected chi connectivity index (χ4v) is 4.13. The number of allylic oxidation sites excluding steroid dienone is 1. The summed E-state index contributed by atoms with van der Waals surface area (Å²) in [7, 11) is 0. The normalized spacial score (nSPS) is 19.1. The van der Waals surface area contributed by atoms with Crippen LogP contribution in [0, 0.1) is 0 Å². The average Bonchev–Trinajstić information content (AvgIpc) is 2.45. The molecule has 0 spiro atoms. The summed E-state index contributed by atoms with van der Waals surface area (Å²) in [5.74, 6) is 5.18. The summed E-state index contributed by atoms with van der Waals surface area (Å²) < 4.78 is 0. The van der Waals surface area contributed by atoms with Crippen LogP contribution >= 0.6 is 0 Å². The summed E-state index contributed by atoms with van der Waals surface area (Å²) >= 11 is 0. The zero-order valence-corrected chi connectivity index (χ0v) is 15.7. The van der Waals surface area contributed by atoms with Crippen molar-refractivity contribution in [3.63, 3.8) is 0 Å². The van der Waals surface area contributed by atoms with E-state index in [0.717, 1.165) is 17.5 Å². The first-order chi connectivity index (χ1) is 9.00. The average molecular weight is 272 g/mol. The molecule has 0 heterocycles. The third-order valence-electron chi connectivity index (χ3n) is 6.08. The van der Waals surface area contributed by atoms with E-state index in [2.05, 4.69) is 60.5 Å². The Kier molecular flexibility index (Phi) is 13.6. The molecule has 0 bridgehead atoms. The van der Waals surface area contributed by atoms with Crippen molar-refractivity contribution in [1.29, 1.82) is 0 Å². The van der Waals surface area contributed by atoms with Crippen molar-refractivity contribution in [1.82, 2.24) is 0 Å². The molecule has 0 aliphatic heterocycles. The summed E-state index contributed by atoms with van der Waals surface area (Å²) in [6.45, 7) is 16.8. The first-order valence-corrected chi connectivity index (χ1v) is 8.86. The predicted octanol–water partition coefficient (Wildman–Crippen LogP) is 4.13. The van der Waals surface area contributed by atoms with E-state index in [4.69, 9.17) is 0 Å². The van der Waals surface area contributed by atoms with Crippen LogP contribution in [0.25, 0.3) is 0 Å². The number of hydrogen-bond acceptors (Lipinski definition) is 0. The Hall–Kier alpha value is 0.402.